The van der Waals surface area contributed by atoms with Crippen molar-refractivity contribution in [1.82, 2.24) is 9.97 Å². The highest BCUT2D eigenvalue weighted by molar-refractivity contribution is 7.99. The van der Waals surface area contributed by atoms with Gasteiger partial charge in [0.05, 0.1) is 17.3 Å². The summed E-state index contributed by atoms with van der Waals surface area (Å²) >= 11 is 1.35. The van der Waals surface area contributed by atoms with E-state index in [2.05, 4.69) is 9.97 Å². The first-order chi connectivity index (χ1) is 12.6. The van der Waals surface area contributed by atoms with Crippen LogP contribution in [0.15, 0.2) is 102 Å². The number of nitrogens with zero attached hydrogens (tertiary/aromatic N) is 2. The molecular weight excluding hydrogens is 372 g/mol. The second-order valence-corrected chi connectivity index (χ2v) is 8.06. The summed E-state index contributed by atoms with van der Waals surface area (Å²) in [7, 11) is -3.81. The molecule has 2 aromatic carbocycles. The van der Waals surface area contributed by atoms with E-state index in [-0.39, 0.29) is 15.9 Å². The second kappa shape index (κ2) is 6.81. The molecule has 0 aliphatic carbocycles. The fourth-order valence-corrected chi connectivity index (χ4v) is 4.05. The molecule has 0 atom stereocenters. The molecule has 0 bridgehead atoms. The average molecular weight is 384 g/mol. The van der Waals surface area contributed by atoms with Gasteiger partial charge in [-0.2, -0.15) is 0 Å². The lowest BCUT2D eigenvalue weighted by Crippen LogP contribution is -2.01. The molecule has 0 fully saturated rings. The summed E-state index contributed by atoms with van der Waals surface area (Å²) < 4.78 is 36.1. The van der Waals surface area contributed by atoms with Crippen LogP contribution in [0, 0.1) is 0 Å². The Bertz CT molecular complexity index is 1120. The number of hydrogen-bond donors (Lipinski definition) is 0. The maximum absolute atomic E-state index is 12.5. The maximum atomic E-state index is 12.5. The van der Waals surface area contributed by atoms with Crippen LogP contribution in [-0.2, 0) is 9.84 Å². The van der Waals surface area contributed by atoms with Crippen LogP contribution in [0.3, 0.4) is 0 Å². The summed E-state index contributed by atoms with van der Waals surface area (Å²) in [5, 5.41) is 0.0439. The van der Waals surface area contributed by atoms with E-state index in [1.807, 2.05) is 30.3 Å². The minimum atomic E-state index is -3.81. The number of hydrogen-bond acceptors (Lipinski definition) is 7. The van der Waals surface area contributed by atoms with Crippen molar-refractivity contribution in [3.63, 3.8) is 0 Å². The molecule has 0 aliphatic rings. The highest BCUT2D eigenvalue weighted by atomic mass is 32.2. The molecular formula is C18H12N2O4S2. The zero-order valence-electron chi connectivity index (χ0n) is 13.3. The van der Waals surface area contributed by atoms with Crippen molar-refractivity contribution >= 4 is 21.6 Å². The van der Waals surface area contributed by atoms with Crippen LogP contribution >= 0.6 is 11.8 Å². The van der Waals surface area contributed by atoms with Crippen molar-refractivity contribution in [3.8, 4) is 11.5 Å². The average Bonchev–Trinajstić information content (AvgIpc) is 3.33. The second-order valence-electron chi connectivity index (χ2n) is 5.21. The van der Waals surface area contributed by atoms with Crippen molar-refractivity contribution in [1.29, 1.82) is 0 Å². The van der Waals surface area contributed by atoms with Crippen molar-refractivity contribution < 1.29 is 17.3 Å². The fraction of sp³-hybridized carbons (Fsp3) is 0. The lowest BCUT2D eigenvalue weighted by Gasteiger charge is -1.98. The Labute approximate surface area is 153 Å². The van der Waals surface area contributed by atoms with Crippen molar-refractivity contribution in [3.05, 3.63) is 73.1 Å². The van der Waals surface area contributed by atoms with Gasteiger partial charge in [0.15, 0.2) is 11.5 Å². The SMILES string of the molecule is O=S(=O)(c1ccccc1)c1ncc(-c2cnc(Sc3ccccc3)o2)o1. The van der Waals surface area contributed by atoms with Crippen LogP contribution in [0.5, 0.6) is 0 Å². The normalized spacial score (nSPS) is 11.5. The van der Waals surface area contributed by atoms with Crippen molar-refractivity contribution in [2.24, 2.45) is 0 Å². The molecule has 0 spiro atoms. The van der Waals surface area contributed by atoms with Crippen molar-refractivity contribution in [2.75, 3.05) is 0 Å². The van der Waals surface area contributed by atoms with Gasteiger partial charge in [-0.25, -0.2) is 18.4 Å². The summed E-state index contributed by atoms with van der Waals surface area (Å²) in [6.45, 7) is 0. The summed E-state index contributed by atoms with van der Waals surface area (Å²) in [5.41, 5.74) is 0. The summed E-state index contributed by atoms with van der Waals surface area (Å²) in [4.78, 5) is 9.16. The molecule has 6 nitrogen and oxygen atoms in total. The molecule has 2 heterocycles. The number of sulfone groups is 1. The number of aromatic nitrogens is 2. The number of benzene rings is 2. The van der Waals surface area contributed by atoms with E-state index in [1.165, 1.54) is 36.3 Å². The standard InChI is InChI=1S/C18H12N2O4S2/c21-26(22,14-9-5-2-6-10-14)18-20-12-16(24-18)15-11-19-17(23-15)25-13-7-3-1-4-8-13/h1-12H. The molecule has 0 unspecified atom stereocenters. The number of oxazole rings is 2. The monoisotopic (exact) mass is 384 g/mol. The Morgan fingerprint density at radius 3 is 2.12 bits per heavy atom. The van der Waals surface area contributed by atoms with Gasteiger partial charge < -0.3 is 8.83 Å². The van der Waals surface area contributed by atoms with Crippen LogP contribution in [0.2, 0.25) is 0 Å². The summed E-state index contributed by atoms with van der Waals surface area (Å²) in [6.07, 6.45) is 2.79. The smallest absolute Gasteiger partial charge is 0.320 e. The minimum absolute atomic E-state index is 0.117. The topological polar surface area (TPSA) is 86.2 Å². The van der Waals surface area contributed by atoms with Gasteiger partial charge in [-0.3, -0.25) is 0 Å². The third-order valence-electron chi connectivity index (χ3n) is 3.44. The Hall–Kier alpha value is -2.84. The molecule has 130 valence electrons. The van der Waals surface area contributed by atoms with Crippen LogP contribution in [-0.4, -0.2) is 18.4 Å². The van der Waals surface area contributed by atoms with Gasteiger partial charge in [0.1, 0.15) is 0 Å². The highest BCUT2D eigenvalue weighted by Crippen LogP contribution is 2.31. The quantitative estimate of drug-likeness (QED) is 0.506. The first kappa shape index (κ1) is 16.6. The van der Waals surface area contributed by atoms with Crippen molar-refractivity contribution in [2.45, 2.75) is 20.2 Å². The minimum Gasteiger partial charge on any atom is -0.428 e. The predicted molar refractivity (Wildman–Crippen MR) is 94.5 cm³/mol. The van der Waals surface area contributed by atoms with Gasteiger partial charge in [0.25, 0.3) is 15.1 Å². The van der Waals surface area contributed by atoms with E-state index in [0.29, 0.717) is 11.0 Å². The van der Waals surface area contributed by atoms with Gasteiger partial charge in [0.2, 0.25) is 0 Å². The van der Waals surface area contributed by atoms with Gasteiger partial charge in [-0.1, -0.05) is 36.4 Å². The third kappa shape index (κ3) is 3.29. The maximum Gasteiger partial charge on any atom is 0.320 e. The highest BCUT2D eigenvalue weighted by Gasteiger charge is 2.25. The lowest BCUT2D eigenvalue weighted by molar-refractivity contribution is 0.411. The molecule has 26 heavy (non-hydrogen) atoms. The summed E-state index contributed by atoms with van der Waals surface area (Å²) in [5.74, 6) is 0.511. The van der Waals surface area contributed by atoms with Crippen LogP contribution in [0.25, 0.3) is 11.5 Å². The Balaban J connectivity index is 1.59. The van der Waals surface area contributed by atoms with E-state index in [0.717, 1.165) is 4.90 Å². The molecule has 0 saturated heterocycles. The fourth-order valence-electron chi connectivity index (χ4n) is 2.21. The van der Waals surface area contributed by atoms with E-state index < -0.39 is 9.84 Å². The first-order valence-corrected chi connectivity index (χ1v) is 9.88. The largest absolute Gasteiger partial charge is 0.428 e. The molecule has 0 amide bonds. The first-order valence-electron chi connectivity index (χ1n) is 7.58. The molecule has 2 aromatic heterocycles. The van der Waals surface area contributed by atoms with E-state index in [1.54, 1.807) is 18.2 Å². The molecule has 0 N–H and O–H groups in total. The molecule has 0 radical (unpaired) electrons. The Morgan fingerprint density at radius 2 is 1.38 bits per heavy atom. The van der Waals surface area contributed by atoms with Gasteiger partial charge in [-0.15, -0.1) is 0 Å². The predicted octanol–water partition coefficient (Wildman–Crippen LogP) is 4.31. The van der Waals surface area contributed by atoms with Gasteiger partial charge in [0, 0.05) is 4.90 Å². The Kier molecular flexibility index (Phi) is 4.36. The van der Waals surface area contributed by atoms with Crippen LogP contribution in [0.1, 0.15) is 0 Å². The van der Waals surface area contributed by atoms with Crippen LogP contribution in [0.4, 0.5) is 0 Å². The van der Waals surface area contributed by atoms with E-state index in [4.69, 9.17) is 8.83 Å². The molecule has 8 heteroatoms. The molecule has 0 saturated carbocycles. The zero-order valence-corrected chi connectivity index (χ0v) is 14.9. The van der Waals surface area contributed by atoms with Crippen LogP contribution < -0.4 is 0 Å². The lowest BCUT2D eigenvalue weighted by atomic mass is 10.4. The zero-order chi connectivity index (χ0) is 18.0. The molecule has 0 aliphatic heterocycles. The molecule has 4 aromatic rings. The third-order valence-corrected chi connectivity index (χ3v) is 5.86. The Morgan fingerprint density at radius 1 is 0.769 bits per heavy atom. The van der Waals surface area contributed by atoms with E-state index in [9.17, 15) is 8.42 Å². The number of rotatable bonds is 5. The molecule has 4 rings (SSSR count). The van der Waals surface area contributed by atoms with Gasteiger partial charge >= 0.3 is 5.22 Å². The van der Waals surface area contributed by atoms with E-state index >= 15 is 0 Å². The van der Waals surface area contributed by atoms with Gasteiger partial charge in [-0.05, 0) is 36.0 Å². The summed E-state index contributed by atoms with van der Waals surface area (Å²) in [6, 6.07) is 17.6.